The van der Waals surface area contributed by atoms with Gasteiger partial charge in [0.15, 0.2) is 0 Å². The van der Waals surface area contributed by atoms with E-state index in [9.17, 15) is 9.90 Å². The van der Waals surface area contributed by atoms with Crippen LogP contribution in [0, 0.1) is 0 Å². The molecule has 0 aromatic rings. The fourth-order valence-electron chi connectivity index (χ4n) is 2.19. The van der Waals surface area contributed by atoms with E-state index in [4.69, 9.17) is 4.74 Å². The lowest BCUT2D eigenvalue weighted by molar-refractivity contribution is -0.160. The highest BCUT2D eigenvalue weighted by Crippen LogP contribution is 2.33. The normalized spacial score (nSPS) is 29.9. The van der Waals surface area contributed by atoms with Crippen molar-refractivity contribution in [2.45, 2.75) is 57.7 Å². The lowest BCUT2D eigenvalue weighted by Crippen LogP contribution is -2.48. The second kappa shape index (κ2) is 4.89. The van der Waals surface area contributed by atoms with Crippen LogP contribution in [0.2, 0.25) is 0 Å². The molecule has 82 valence electrons. The van der Waals surface area contributed by atoms with E-state index in [1.807, 2.05) is 6.92 Å². The van der Waals surface area contributed by atoms with Gasteiger partial charge in [-0.25, -0.2) is 0 Å². The zero-order valence-electron chi connectivity index (χ0n) is 9.08. The molecular formula is C11H20O3. The molecule has 3 nitrogen and oxygen atoms in total. The highest BCUT2D eigenvalue weighted by atomic mass is 16.5. The molecule has 1 aliphatic heterocycles. The van der Waals surface area contributed by atoms with Crippen molar-refractivity contribution >= 4 is 5.78 Å². The van der Waals surface area contributed by atoms with E-state index in [1.54, 1.807) is 6.92 Å². The molecule has 1 fully saturated rings. The summed E-state index contributed by atoms with van der Waals surface area (Å²) in [5.41, 5.74) is -0.584. The van der Waals surface area contributed by atoms with E-state index in [0.717, 1.165) is 19.3 Å². The molecule has 3 heteroatoms. The number of hydrogen-bond acceptors (Lipinski definition) is 3. The van der Waals surface area contributed by atoms with Crippen LogP contribution >= 0.6 is 0 Å². The van der Waals surface area contributed by atoms with Crippen LogP contribution in [0.3, 0.4) is 0 Å². The first-order chi connectivity index (χ1) is 6.60. The summed E-state index contributed by atoms with van der Waals surface area (Å²) >= 11 is 0. The Balaban J connectivity index is 2.71. The molecule has 2 atom stereocenters. The van der Waals surface area contributed by atoms with Gasteiger partial charge in [0.25, 0.3) is 0 Å². The van der Waals surface area contributed by atoms with Crippen molar-refractivity contribution in [2.75, 3.05) is 6.61 Å². The maximum absolute atomic E-state index is 11.1. The number of ketones is 1. The van der Waals surface area contributed by atoms with Gasteiger partial charge in [-0.2, -0.15) is 0 Å². The van der Waals surface area contributed by atoms with Gasteiger partial charge in [0.2, 0.25) is 0 Å². The van der Waals surface area contributed by atoms with Crippen molar-refractivity contribution in [2.24, 2.45) is 0 Å². The average molecular weight is 200 g/mol. The van der Waals surface area contributed by atoms with E-state index >= 15 is 0 Å². The van der Waals surface area contributed by atoms with Crippen molar-refractivity contribution in [3.63, 3.8) is 0 Å². The minimum absolute atomic E-state index is 0.0967. The fourth-order valence-corrected chi connectivity index (χ4v) is 2.19. The van der Waals surface area contributed by atoms with Crippen molar-refractivity contribution in [1.29, 1.82) is 0 Å². The Morgan fingerprint density at radius 2 is 2.29 bits per heavy atom. The van der Waals surface area contributed by atoms with Gasteiger partial charge in [0.05, 0.1) is 6.10 Å². The van der Waals surface area contributed by atoms with Crippen LogP contribution in [0.25, 0.3) is 0 Å². The van der Waals surface area contributed by atoms with E-state index in [-0.39, 0.29) is 5.78 Å². The maximum atomic E-state index is 11.1. The molecule has 0 saturated carbocycles. The zero-order chi connectivity index (χ0) is 10.6. The lowest BCUT2D eigenvalue weighted by atomic mass is 9.83. The molecule has 2 unspecified atom stereocenters. The van der Waals surface area contributed by atoms with Crippen LogP contribution in [-0.4, -0.2) is 29.2 Å². The minimum atomic E-state index is -0.584. The number of rotatable bonds is 4. The summed E-state index contributed by atoms with van der Waals surface area (Å²) in [4.78, 5) is 11.1. The van der Waals surface area contributed by atoms with Crippen molar-refractivity contribution in [3.8, 4) is 0 Å². The molecule has 0 aliphatic carbocycles. The SMILES string of the molecule is CCC(O)C1(CC(C)=O)CCCCO1. The van der Waals surface area contributed by atoms with Crippen molar-refractivity contribution in [1.82, 2.24) is 0 Å². The van der Waals surface area contributed by atoms with Crippen LogP contribution in [0.15, 0.2) is 0 Å². The number of hydrogen-bond donors (Lipinski definition) is 1. The van der Waals surface area contributed by atoms with E-state index in [0.29, 0.717) is 19.4 Å². The van der Waals surface area contributed by atoms with Gasteiger partial charge in [-0.1, -0.05) is 6.92 Å². The molecule has 0 aromatic carbocycles. The summed E-state index contributed by atoms with van der Waals surface area (Å²) in [5, 5.41) is 9.90. The molecule has 0 aromatic heterocycles. The quantitative estimate of drug-likeness (QED) is 0.751. The molecule has 0 amide bonds. The standard InChI is InChI=1S/C11H20O3/c1-3-10(13)11(8-9(2)12)6-4-5-7-14-11/h10,13H,3-8H2,1-2H3. The third kappa shape index (κ3) is 2.55. The monoisotopic (exact) mass is 200 g/mol. The van der Waals surface area contributed by atoms with Gasteiger partial charge in [-0.3, -0.25) is 4.79 Å². The second-order valence-electron chi connectivity index (χ2n) is 4.17. The smallest absolute Gasteiger partial charge is 0.132 e. The number of ether oxygens (including phenoxy) is 1. The van der Waals surface area contributed by atoms with Crippen LogP contribution < -0.4 is 0 Å². The Morgan fingerprint density at radius 1 is 1.57 bits per heavy atom. The topological polar surface area (TPSA) is 46.5 Å². The predicted molar refractivity (Wildman–Crippen MR) is 54.1 cm³/mol. The number of aliphatic hydroxyl groups excluding tert-OH is 1. The maximum Gasteiger partial charge on any atom is 0.132 e. The Hall–Kier alpha value is -0.410. The molecular weight excluding hydrogens is 180 g/mol. The first kappa shape index (κ1) is 11.7. The summed E-state index contributed by atoms with van der Waals surface area (Å²) < 4.78 is 5.66. The average Bonchev–Trinajstić information content (AvgIpc) is 2.17. The van der Waals surface area contributed by atoms with Crippen molar-refractivity contribution < 1.29 is 14.6 Å². The first-order valence-electron chi connectivity index (χ1n) is 5.42. The van der Waals surface area contributed by atoms with E-state index in [2.05, 4.69) is 0 Å². The summed E-state index contributed by atoms with van der Waals surface area (Å²) in [6.07, 6.45) is 3.38. The Morgan fingerprint density at radius 3 is 2.71 bits per heavy atom. The highest BCUT2D eigenvalue weighted by molar-refractivity contribution is 5.76. The minimum Gasteiger partial charge on any atom is -0.390 e. The summed E-state index contributed by atoms with van der Waals surface area (Å²) in [5.74, 6) is 0.0967. The summed E-state index contributed by atoms with van der Waals surface area (Å²) in [6, 6.07) is 0. The number of carbonyl (C=O) groups excluding carboxylic acids is 1. The molecule has 1 rings (SSSR count). The third-order valence-corrected chi connectivity index (χ3v) is 2.93. The van der Waals surface area contributed by atoms with Crippen LogP contribution in [0.4, 0.5) is 0 Å². The van der Waals surface area contributed by atoms with Gasteiger partial charge in [0, 0.05) is 13.0 Å². The fraction of sp³-hybridized carbons (Fsp3) is 0.909. The highest BCUT2D eigenvalue weighted by Gasteiger charge is 2.40. The molecule has 1 aliphatic rings. The van der Waals surface area contributed by atoms with E-state index in [1.165, 1.54) is 0 Å². The van der Waals surface area contributed by atoms with Crippen LogP contribution in [-0.2, 0) is 9.53 Å². The molecule has 1 heterocycles. The van der Waals surface area contributed by atoms with Crippen molar-refractivity contribution in [3.05, 3.63) is 0 Å². The lowest BCUT2D eigenvalue weighted by Gasteiger charge is -2.40. The molecule has 14 heavy (non-hydrogen) atoms. The predicted octanol–water partition coefficient (Wildman–Crippen LogP) is 1.68. The Labute approximate surface area is 85.5 Å². The largest absolute Gasteiger partial charge is 0.390 e. The molecule has 1 saturated heterocycles. The third-order valence-electron chi connectivity index (χ3n) is 2.93. The second-order valence-corrected chi connectivity index (χ2v) is 4.17. The van der Waals surface area contributed by atoms with Gasteiger partial charge < -0.3 is 9.84 Å². The molecule has 0 radical (unpaired) electrons. The Bertz CT molecular complexity index is 195. The molecule has 1 N–H and O–H groups in total. The molecule has 0 bridgehead atoms. The number of aliphatic hydroxyl groups is 1. The van der Waals surface area contributed by atoms with E-state index < -0.39 is 11.7 Å². The van der Waals surface area contributed by atoms with Crippen LogP contribution in [0.1, 0.15) is 46.0 Å². The van der Waals surface area contributed by atoms with Gasteiger partial charge in [0.1, 0.15) is 11.4 Å². The van der Waals surface area contributed by atoms with Gasteiger partial charge >= 0.3 is 0 Å². The zero-order valence-corrected chi connectivity index (χ0v) is 9.08. The number of carbonyl (C=O) groups is 1. The summed E-state index contributed by atoms with van der Waals surface area (Å²) in [7, 11) is 0. The van der Waals surface area contributed by atoms with Gasteiger partial charge in [-0.15, -0.1) is 0 Å². The Kier molecular flexibility index (Phi) is 4.08. The van der Waals surface area contributed by atoms with Crippen LogP contribution in [0.5, 0.6) is 0 Å². The first-order valence-corrected chi connectivity index (χ1v) is 5.42. The van der Waals surface area contributed by atoms with Gasteiger partial charge in [-0.05, 0) is 32.6 Å². The number of Topliss-reactive ketones (excluding diaryl/α,β-unsaturated/α-hetero) is 1. The molecule has 0 spiro atoms. The summed E-state index contributed by atoms with van der Waals surface area (Å²) in [6.45, 7) is 4.15.